The third-order valence-electron chi connectivity index (χ3n) is 1.39. The molecule has 1 heterocycles. The van der Waals surface area contributed by atoms with E-state index in [0.29, 0.717) is 0 Å². The molecular weight excluding hydrogens is 116 g/mol. The minimum atomic E-state index is 0.0660. The van der Waals surface area contributed by atoms with E-state index in [1.165, 1.54) is 0 Å². The van der Waals surface area contributed by atoms with Crippen molar-refractivity contribution in [2.75, 3.05) is 19.8 Å². The van der Waals surface area contributed by atoms with Crippen LogP contribution in [0.1, 0.15) is 0 Å². The van der Waals surface area contributed by atoms with Crippen LogP contribution >= 0.6 is 0 Å². The van der Waals surface area contributed by atoms with Crippen LogP contribution in [0.3, 0.4) is 0 Å². The number of nitrogens with one attached hydrogen (secondary N) is 2. The van der Waals surface area contributed by atoms with E-state index in [0.717, 1.165) is 27.3 Å². The first-order chi connectivity index (χ1) is 4.43. The summed E-state index contributed by atoms with van der Waals surface area (Å²) in [7, 11) is 0.847. The van der Waals surface area contributed by atoms with Crippen LogP contribution in [0.4, 0.5) is 0 Å². The molecule has 1 saturated heterocycles. The zero-order chi connectivity index (χ0) is 6.53. The number of hydrogen-bond acceptors (Lipinski definition) is 4. The third kappa shape index (κ3) is 2.36. The average Bonchev–Trinajstić information content (AvgIpc) is 2.34. The summed E-state index contributed by atoms with van der Waals surface area (Å²) in [6.07, 6.45) is 0. The van der Waals surface area contributed by atoms with Gasteiger partial charge in [-0.1, -0.05) is 0 Å². The van der Waals surface area contributed by atoms with E-state index in [-0.39, 0.29) is 7.62 Å². The summed E-state index contributed by atoms with van der Waals surface area (Å²) in [5.74, 6) is 0. The Kier molecular flexibility index (Phi) is 3.06. The topological polar surface area (TPSA) is 47.5 Å². The van der Waals surface area contributed by atoms with Crippen molar-refractivity contribution in [2.45, 2.75) is 0 Å². The first-order valence-electron chi connectivity index (χ1n) is 3.18. The van der Waals surface area contributed by atoms with Crippen LogP contribution in [0.2, 0.25) is 0 Å². The highest BCUT2D eigenvalue weighted by Gasteiger charge is 2.09. The first kappa shape index (κ1) is 7.08. The van der Waals surface area contributed by atoms with Gasteiger partial charge in [0.2, 0.25) is 0 Å². The van der Waals surface area contributed by atoms with Crippen molar-refractivity contribution in [1.82, 2.24) is 15.3 Å². The van der Waals surface area contributed by atoms with E-state index in [1.807, 2.05) is 0 Å². The molecule has 0 aliphatic carbocycles. The minimum absolute atomic E-state index is 0.0660. The summed E-state index contributed by atoms with van der Waals surface area (Å²) < 4.78 is 0. The van der Waals surface area contributed by atoms with Crippen LogP contribution in [0, 0.1) is 0 Å². The van der Waals surface area contributed by atoms with Gasteiger partial charge in [0, 0.05) is 19.8 Å². The van der Waals surface area contributed by atoms with Crippen LogP contribution in [-0.2, 0) is 0 Å². The van der Waals surface area contributed by atoms with Crippen molar-refractivity contribution >= 4 is 15.2 Å². The van der Waals surface area contributed by atoms with Crippen LogP contribution in [0.15, 0.2) is 0 Å². The molecule has 1 aliphatic heterocycles. The smallest absolute Gasteiger partial charge is 0.347 e. The van der Waals surface area contributed by atoms with Gasteiger partial charge in [0.05, 0.1) is 0 Å². The van der Waals surface area contributed by atoms with Crippen molar-refractivity contribution < 1.29 is 5.02 Å². The van der Waals surface area contributed by atoms with Crippen molar-refractivity contribution in [3.8, 4) is 0 Å². The van der Waals surface area contributed by atoms with E-state index in [9.17, 15) is 0 Å². The third-order valence-corrected chi connectivity index (χ3v) is 1.39. The number of hydrogen-bond donors (Lipinski definition) is 3. The fraction of sp³-hybridized carbons (Fsp3) is 1.00. The predicted molar refractivity (Wildman–Crippen MR) is 39.2 cm³/mol. The monoisotopic (exact) mass is 127 g/mol. The Balaban J connectivity index is 1.98. The lowest BCUT2D eigenvalue weighted by atomic mass is 10.0. The Labute approximate surface area is 56.2 Å². The molecule has 50 valence electrons. The molecule has 6 heteroatoms. The van der Waals surface area contributed by atoms with E-state index in [2.05, 4.69) is 15.3 Å². The van der Waals surface area contributed by atoms with Gasteiger partial charge in [-0.2, -0.15) is 0 Å². The van der Waals surface area contributed by atoms with E-state index in [4.69, 9.17) is 5.02 Å². The van der Waals surface area contributed by atoms with Crippen LogP contribution in [0.25, 0.3) is 0 Å². The quantitative estimate of drug-likeness (QED) is 0.352. The van der Waals surface area contributed by atoms with E-state index < -0.39 is 0 Å². The summed E-state index contributed by atoms with van der Waals surface area (Å²) in [6, 6.07) is 0. The summed E-state index contributed by atoms with van der Waals surface area (Å²) >= 11 is 0. The van der Waals surface area contributed by atoms with Crippen molar-refractivity contribution in [2.24, 2.45) is 0 Å². The molecule has 1 aliphatic rings. The molecule has 0 aromatic rings. The molecular formula is C3H11B2N3O. The summed E-state index contributed by atoms with van der Waals surface area (Å²) in [5.41, 5.74) is 0. The fourth-order valence-electron chi connectivity index (χ4n) is 0.896. The molecule has 0 aromatic carbocycles. The normalized spacial score (nSPS) is 20.1. The maximum atomic E-state index is 8.37. The Morgan fingerprint density at radius 1 is 1.67 bits per heavy atom. The Hall–Kier alpha value is -0.0301. The lowest BCUT2D eigenvalue weighted by Gasteiger charge is -2.10. The van der Waals surface area contributed by atoms with Gasteiger partial charge in [0.15, 0.2) is 0 Å². The second-order valence-corrected chi connectivity index (χ2v) is 2.12. The number of nitrogens with zero attached hydrogens (tertiary/aromatic N) is 1. The molecule has 4 nitrogen and oxygen atoms in total. The molecule has 0 radical (unpaired) electrons. The van der Waals surface area contributed by atoms with Gasteiger partial charge in [-0.25, -0.2) is 0 Å². The average molecular weight is 127 g/mol. The summed E-state index contributed by atoms with van der Waals surface area (Å²) in [4.78, 5) is 2.19. The summed E-state index contributed by atoms with van der Waals surface area (Å²) in [5, 5.41) is 14.4. The van der Waals surface area contributed by atoms with E-state index >= 15 is 0 Å². The lowest BCUT2D eigenvalue weighted by molar-refractivity contribution is 0.532. The van der Waals surface area contributed by atoms with Gasteiger partial charge >= 0.3 is 7.62 Å². The lowest BCUT2D eigenvalue weighted by Crippen LogP contribution is -2.39. The largest absolute Gasteiger partial charge is 0.441 e. The first-order valence-corrected chi connectivity index (χ1v) is 3.18. The molecule has 1 rings (SSSR count). The Morgan fingerprint density at radius 3 is 3.11 bits per heavy atom. The summed E-state index contributed by atoms with van der Waals surface area (Å²) in [6.45, 7) is 3.08. The highest BCUT2D eigenvalue weighted by atomic mass is 16.2. The molecule has 0 unspecified atom stereocenters. The number of rotatable bonds is 3. The minimum Gasteiger partial charge on any atom is -0.441 e. The highest BCUT2D eigenvalue weighted by molar-refractivity contribution is 6.44. The van der Waals surface area contributed by atoms with Gasteiger partial charge in [-0.05, 0) is 0 Å². The van der Waals surface area contributed by atoms with Crippen molar-refractivity contribution in [3.63, 3.8) is 0 Å². The zero-order valence-corrected chi connectivity index (χ0v) is 5.43. The van der Waals surface area contributed by atoms with Gasteiger partial charge in [-0.15, -0.1) is 0 Å². The molecule has 1 fully saturated rings. The van der Waals surface area contributed by atoms with Gasteiger partial charge in [0.25, 0.3) is 7.55 Å². The molecule has 0 bridgehead atoms. The predicted octanol–water partition coefficient (Wildman–Crippen LogP) is -3.04. The van der Waals surface area contributed by atoms with Gasteiger partial charge in [0.1, 0.15) is 0 Å². The van der Waals surface area contributed by atoms with Crippen molar-refractivity contribution in [1.29, 1.82) is 0 Å². The van der Waals surface area contributed by atoms with Gasteiger partial charge < -0.3 is 20.3 Å². The highest BCUT2D eigenvalue weighted by Crippen LogP contribution is 1.85. The molecule has 0 atom stereocenters. The van der Waals surface area contributed by atoms with Crippen LogP contribution in [-0.4, -0.2) is 44.8 Å². The molecule has 0 aromatic heterocycles. The van der Waals surface area contributed by atoms with Crippen LogP contribution in [0.5, 0.6) is 0 Å². The Morgan fingerprint density at radius 2 is 2.56 bits per heavy atom. The van der Waals surface area contributed by atoms with E-state index in [1.54, 1.807) is 0 Å². The SMILES string of the molecule is OBNBN1CCNC1. The van der Waals surface area contributed by atoms with Gasteiger partial charge in [-0.3, -0.25) is 0 Å². The Bertz CT molecular complexity index is 77.5. The second kappa shape index (κ2) is 3.90. The molecule has 3 N–H and O–H groups in total. The standard InChI is InChI=1S/C3H11B2N3O/c9-5-7-4-8-2-1-6-3-8/h4-7,9H,1-3H2. The van der Waals surface area contributed by atoms with Crippen LogP contribution < -0.4 is 10.5 Å². The zero-order valence-electron chi connectivity index (χ0n) is 5.43. The second-order valence-electron chi connectivity index (χ2n) is 2.12. The maximum Gasteiger partial charge on any atom is 0.347 e. The molecule has 0 saturated carbocycles. The molecule has 9 heavy (non-hydrogen) atoms. The maximum absolute atomic E-state index is 8.37. The molecule has 0 spiro atoms. The molecule has 0 amide bonds. The van der Waals surface area contributed by atoms with Crippen molar-refractivity contribution in [3.05, 3.63) is 0 Å². The fourth-order valence-corrected chi connectivity index (χ4v) is 0.896.